The molecule has 0 saturated heterocycles. The Kier molecular flexibility index (Phi) is 2.49. The van der Waals surface area contributed by atoms with Gasteiger partial charge in [0, 0.05) is 0 Å². The van der Waals surface area contributed by atoms with Gasteiger partial charge in [0.05, 0.1) is 11.5 Å². The van der Waals surface area contributed by atoms with E-state index in [0.717, 1.165) is 5.56 Å². The summed E-state index contributed by atoms with van der Waals surface area (Å²) in [5, 5.41) is 19.2. The monoisotopic (exact) mass is 206 g/mol. The first-order valence-electron chi connectivity index (χ1n) is 5.12. The van der Waals surface area contributed by atoms with E-state index in [2.05, 4.69) is 0 Å². The second-order valence-corrected chi connectivity index (χ2v) is 4.18. The van der Waals surface area contributed by atoms with Crippen LogP contribution in [0.4, 0.5) is 0 Å². The van der Waals surface area contributed by atoms with Gasteiger partial charge in [-0.15, -0.1) is 0 Å². The fraction of sp³-hybridized carbons (Fsp3) is 0.417. The van der Waals surface area contributed by atoms with Gasteiger partial charge >= 0.3 is 5.97 Å². The number of aliphatic carboxylic acids is 1. The molecular formula is C12H14O3. The Balaban J connectivity index is 2.20. The third-order valence-electron chi connectivity index (χ3n) is 3.15. The molecule has 3 heteroatoms. The van der Waals surface area contributed by atoms with E-state index in [4.69, 9.17) is 5.11 Å². The van der Waals surface area contributed by atoms with Crippen LogP contribution in [0.1, 0.15) is 24.8 Å². The van der Waals surface area contributed by atoms with Gasteiger partial charge in [0.25, 0.3) is 0 Å². The molecule has 15 heavy (non-hydrogen) atoms. The first kappa shape index (κ1) is 10.2. The summed E-state index contributed by atoms with van der Waals surface area (Å²) in [4.78, 5) is 10.8. The smallest absolute Gasteiger partial charge is 0.306 e. The molecule has 1 aromatic rings. The van der Waals surface area contributed by atoms with Gasteiger partial charge in [0.15, 0.2) is 0 Å². The zero-order valence-corrected chi connectivity index (χ0v) is 8.39. The van der Waals surface area contributed by atoms with Gasteiger partial charge in [-0.2, -0.15) is 0 Å². The zero-order chi connectivity index (χ0) is 10.9. The molecule has 80 valence electrons. The van der Waals surface area contributed by atoms with Crippen LogP contribution in [0.3, 0.4) is 0 Å². The highest BCUT2D eigenvalue weighted by Crippen LogP contribution is 2.41. The normalized spacial score (nSPS) is 30.3. The number of benzene rings is 1. The number of rotatable bonds is 2. The number of carbonyl (C=O) groups is 1. The van der Waals surface area contributed by atoms with Crippen molar-refractivity contribution in [2.45, 2.75) is 24.9 Å². The van der Waals surface area contributed by atoms with Crippen molar-refractivity contribution in [1.82, 2.24) is 0 Å². The Labute approximate surface area is 88.4 Å². The number of carboxylic acids is 1. The lowest BCUT2D eigenvalue weighted by Crippen LogP contribution is -2.23. The lowest BCUT2D eigenvalue weighted by molar-refractivity contribution is -0.142. The Bertz CT molecular complexity index is 360. The fourth-order valence-electron chi connectivity index (χ4n) is 2.25. The van der Waals surface area contributed by atoms with E-state index in [1.165, 1.54) is 0 Å². The molecule has 0 spiro atoms. The molecule has 2 rings (SSSR count). The van der Waals surface area contributed by atoms with Crippen molar-refractivity contribution in [3.05, 3.63) is 35.9 Å². The van der Waals surface area contributed by atoms with Gasteiger partial charge in [0.1, 0.15) is 0 Å². The standard InChI is InChI=1S/C12H14O3/c13-11(14)9-6-7-12(15,8-9)10-4-2-1-3-5-10/h1-5,9,15H,6-8H2,(H,13,14)/t9-,12+/m1/s1. The largest absolute Gasteiger partial charge is 0.481 e. The molecule has 0 aliphatic heterocycles. The Morgan fingerprint density at radius 1 is 1.33 bits per heavy atom. The number of hydrogen-bond acceptors (Lipinski definition) is 2. The van der Waals surface area contributed by atoms with Crippen LogP contribution < -0.4 is 0 Å². The van der Waals surface area contributed by atoms with Crippen LogP contribution in [-0.4, -0.2) is 16.2 Å². The van der Waals surface area contributed by atoms with Crippen molar-refractivity contribution in [1.29, 1.82) is 0 Å². The summed E-state index contributed by atoms with van der Waals surface area (Å²) >= 11 is 0. The third kappa shape index (κ3) is 1.88. The van der Waals surface area contributed by atoms with E-state index in [1.54, 1.807) is 0 Å². The number of hydrogen-bond donors (Lipinski definition) is 2. The fourth-order valence-corrected chi connectivity index (χ4v) is 2.25. The van der Waals surface area contributed by atoms with E-state index < -0.39 is 17.5 Å². The Morgan fingerprint density at radius 3 is 2.53 bits per heavy atom. The molecule has 0 radical (unpaired) electrons. The van der Waals surface area contributed by atoms with Crippen molar-refractivity contribution in [3.8, 4) is 0 Å². The summed E-state index contributed by atoms with van der Waals surface area (Å²) in [6, 6.07) is 9.31. The van der Waals surface area contributed by atoms with Crippen LogP contribution in [0.15, 0.2) is 30.3 Å². The van der Waals surface area contributed by atoms with Crippen molar-refractivity contribution in [3.63, 3.8) is 0 Å². The van der Waals surface area contributed by atoms with Crippen LogP contribution in [0.2, 0.25) is 0 Å². The van der Waals surface area contributed by atoms with Gasteiger partial charge in [-0.3, -0.25) is 4.79 Å². The van der Waals surface area contributed by atoms with Gasteiger partial charge in [0.2, 0.25) is 0 Å². The average molecular weight is 206 g/mol. The molecular weight excluding hydrogens is 192 g/mol. The lowest BCUT2D eigenvalue weighted by atomic mass is 9.91. The summed E-state index contributed by atoms with van der Waals surface area (Å²) in [5.41, 5.74) is -0.113. The average Bonchev–Trinajstić information content (AvgIpc) is 2.64. The molecule has 0 heterocycles. The predicted molar refractivity (Wildman–Crippen MR) is 55.3 cm³/mol. The maximum absolute atomic E-state index is 10.8. The maximum Gasteiger partial charge on any atom is 0.306 e. The molecule has 3 nitrogen and oxygen atoms in total. The van der Waals surface area contributed by atoms with Gasteiger partial charge < -0.3 is 10.2 Å². The van der Waals surface area contributed by atoms with Gasteiger partial charge in [-0.25, -0.2) is 0 Å². The minimum Gasteiger partial charge on any atom is -0.481 e. The zero-order valence-electron chi connectivity index (χ0n) is 8.39. The van der Waals surface area contributed by atoms with Crippen molar-refractivity contribution in [2.75, 3.05) is 0 Å². The molecule has 0 amide bonds. The van der Waals surface area contributed by atoms with Crippen molar-refractivity contribution >= 4 is 5.97 Å². The van der Waals surface area contributed by atoms with E-state index in [-0.39, 0.29) is 0 Å². The van der Waals surface area contributed by atoms with Crippen LogP contribution in [-0.2, 0) is 10.4 Å². The first-order valence-corrected chi connectivity index (χ1v) is 5.12. The number of carboxylic acid groups (broad SMARTS) is 1. The summed E-state index contributed by atoms with van der Waals surface area (Å²) in [5.74, 6) is -1.21. The second kappa shape index (κ2) is 3.66. The van der Waals surface area contributed by atoms with Crippen molar-refractivity contribution in [2.24, 2.45) is 5.92 Å². The highest BCUT2D eigenvalue weighted by atomic mass is 16.4. The summed E-state index contributed by atoms with van der Waals surface area (Å²) in [6.45, 7) is 0. The topological polar surface area (TPSA) is 57.5 Å². The Hall–Kier alpha value is -1.35. The highest BCUT2D eigenvalue weighted by Gasteiger charge is 2.41. The molecule has 0 bridgehead atoms. The highest BCUT2D eigenvalue weighted by molar-refractivity contribution is 5.70. The van der Waals surface area contributed by atoms with Gasteiger partial charge in [-0.05, 0) is 24.8 Å². The minimum absolute atomic E-state index is 0.326. The maximum atomic E-state index is 10.8. The molecule has 2 N–H and O–H groups in total. The summed E-state index contributed by atoms with van der Waals surface area (Å²) < 4.78 is 0. The van der Waals surface area contributed by atoms with E-state index in [0.29, 0.717) is 19.3 Å². The quantitative estimate of drug-likeness (QED) is 0.775. The first-order chi connectivity index (χ1) is 7.12. The third-order valence-corrected chi connectivity index (χ3v) is 3.15. The summed E-state index contributed by atoms with van der Waals surface area (Å²) in [7, 11) is 0. The molecule has 0 unspecified atom stereocenters. The van der Waals surface area contributed by atoms with Crippen molar-refractivity contribution < 1.29 is 15.0 Å². The minimum atomic E-state index is -0.940. The van der Waals surface area contributed by atoms with Crippen LogP contribution in [0.5, 0.6) is 0 Å². The predicted octanol–water partition coefficient (Wildman–Crippen LogP) is 1.76. The molecule has 1 fully saturated rings. The molecule has 1 aromatic carbocycles. The number of aliphatic hydroxyl groups is 1. The Morgan fingerprint density at radius 2 is 2.00 bits per heavy atom. The molecule has 2 atom stereocenters. The molecule has 1 aliphatic rings. The van der Waals surface area contributed by atoms with Crippen LogP contribution in [0.25, 0.3) is 0 Å². The van der Waals surface area contributed by atoms with E-state index in [9.17, 15) is 9.90 Å². The summed E-state index contributed by atoms with van der Waals surface area (Å²) in [6.07, 6.45) is 1.42. The molecule has 1 aliphatic carbocycles. The van der Waals surface area contributed by atoms with Crippen LogP contribution in [0, 0.1) is 5.92 Å². The van der Waals surface area contributed by atoms with E-state index in [1.807, 2.05) is 30.3 Å². The molecule has 0 aromatic heterocycles. The SMILES string of the molecule is O=C(O)[C@@H]1CC[C@@](O)(c2ccccc2)C1. The second-order valence-electron chi connectivity index (χ2n) is 4.18. The lowest BCUT2D eigenvalue weighted by Gasteiger charge is -2.22. The van der Waals surface area contributed by atoms with Gasteiger partial charge in [-0.1, -0.05) is 30.3 Å². The van der Waals surface area contributed by atoms with Crippen LogP contribution >= 0.6 is 0 Å². The molecule has 1 saturated carbocycles. The van der Waals surface area contributed by atoms with E-state index >= 15 is 0 Å².